The van der Waals surface area contributed by atoms with Crippen LogP contribution in [0.1, 0.15) is 25.7 Å². The Morgan fingerprint density at radius 3 is 2.50 bits per heavy atom. The first kappa shape index (κ1) is 14.9. The molecule has 1 saturated carbocycles. The van der Waals surface area contributed by atoms with E-state index in [4.69, 9.17) is 15.2 Å². The lowest BCUT2D eigenvalue weighted by Crippen LogP contribution is -2.45. The topological polar surface area (TPSA) is 81.9 Å². The zero-order chi connectivity index (χ0) is 13.4. The van der Waals surface area contributed by atoms with E-state index in [0.717, 1.165) is 25.7 Å². The van der Waals surface area contributed by atoms with Crippen molar-refractivity contribution in [1.82, 2.24) is 4.90 Å². The van der Waals surface area contributed by atoms with Gasteiger partial charge in [0.1, 0.15) is 6.61 Å². The molecular formula is C12H22N2O4. The van der Waals surface area contributed by atoms with E-state index in [2.05, 4.69) is 0 Å². The molecule has 0 bridgehead atoms. The van der Waals surface area contributed by atoms with Gasteiger partial charge < -0.3 is 20.1 Å². The van der Waals surface area contributed by atoms with Gasteiger partial charge in [-0.25, -0.2) is 0 Å². The van der Waals surface area contributed by atoms with Crippen molar-refractivity contribution in [2.75, 3.05) is 33.5 Å². The highest BCUT2D eigenvalue weighted by Crippen LogP contribution is 2.23. The van der Waals surface area contributed by atoms with E-state index in [9.17, 15) is 9.59 Å². The van der Waals surface area contributed by atoms with E-state index in [1.54, 1.807) is 12.0 Å². The molecule has 0 aromatic heterocycles. The smallest absolute Gasteiger partial charge is 0.249 e. The van der Waals surface area contributed by atoms with Gasteiger partial charge in [0.15, 0.2) is 0 Å². The van der Waals surface area contributed by atoms with Gasteiger partial charge in [0.25, 0.3) is 0 Å². The lowest BCUT2D eigenvalue weighted by atomic mass is 10.2. The fraction of sp³-hybridized carbons (Fsp3) is 0.833. The second kappa shape index (κ2) is 8.05. The minimum absolute atomic E-state index is 0.0167. The zero-order valence-electron chi connectivity index (χ0n) is 10.9. The van der Waals surface area contributed by atoms with Crippen LogP contribution in [0.15, 0.2) is 0 Å². The van der Waals surface area contributed by atoms with Crippen molar-refractivity contribution in [1.29, 1.82) is 0 Å². The van der Waals surface area contributed by atoms with Crippen LogP contribution in [-0.2, 0) is 19.1 Å². The maximum atomic E-state index is 12.0. The molecule has 18 heavy (non-hydrogen) atoms. The predicted molar refractivity (Wildman–Crippen MR) is 65.9 cm³/mol. The molecule has 1 fully saturated rings. The minimum Gasteiger partial charge on any atom is -0.382 e. The van der Waals surface area contributed by atoms with Gasteiger partial charge in [-0.1, -0.05) is 12.8 Å². The largest absolute Gasteiger partial charge is 0.382 e. The molecule has 0 unspecified atom stereocenters. The number of primary amides is 1. The third-order valence-electron chi connectivity index (χ3n) is 3.07. The minimum atomic E-state index is -0.479. The molecule has 1 aliphatic rings. The first-order valence-electron chi connectivity index (χ1n) is 6.29. The van der Waals surface area contributed by atoms with Gasteiger partial charge in [0.2, 0.25) is 11.8 Å². The number of nitrogens with zero attached hydrogens (tertiary/aromatic N) is 1. The number of rotatable bonds is 8. The molecule has 0 radical (unpaired) electrons. The normalized spacial score (nSPS) is 15.8. The van der Waals surface area contributed by atoms with Gasteiger partial charge in [-0.2, -0.15) is 0 Å². The Kier molecular flexibility index (Phi) is 6.67. The molecule has 0 aromatic carbocycles. The van der Waals surface area contributed by atoms with E-state index >= 15 is 0 Å². The van der Waals surface area contributed by atoms with E-state index in [1.807, 2.05) is 0 Å². The molecule has 6 heteroatoms. The third-order valence-corrected chi connectivity index (χ3v) is 3.07. The number of nitrogens with two attached hydrogens (primary N) is 1. The summed E-state index contributed by atoms with van der Waals surface area (Å²) < 4.78 is 10.0. The van der Waals surface area contributed by atoms with E-state index in [-0.39, 0.29) is 25.1 Å². The van der Waals surface area contributed by atoms with Gasteiger partial charge in [-0.05, 0) is 12.8 Å². The van der Waals surface area contributed by atoms with Crippen molar-refractivity contribution in [3.8, 4) is 0 Å². The number of ether oxygens (including phenoxy) is 2. The van der Waals surface area contributed by atoms with Crippen LogP contribution in [0.4, 0.5) is 0 Å². The van der Waals surface area contributed by atoms with Crippen LogP contribution >= 0.6 is 0 Å². The quantitative estimate of drug-likeness (QED) is 0.617. The average Bonchev–Trinajstić information content (AvgIpc) is 2.84. The van der Waals surface area contributed by atoms with Crippen LogP contribution < -0.4 is 5.73 Å². The predicted octanol–water partition coefficient (Wildman–Crippen LogP) is -0.0941. The monoisotopic (exact) mass is 258 g/mol. The Morgan fingerprint density at radius 2 is 1.94 bits per heavy atom. The van der Waals surface area contributed by atoms with E-state index in [1.165, 1.54) is 0 Å². The van der Waals surface area contributed by atoms with Gasteiger partial charge >= 0.3 is 0 Å². The maximum absolute atomic E-state index is 12.0. The number of hydrogen-bond acceptors (Lipinski definition) is 4. The summed E-state index contributed by atoms with van der Waals surface area (Å²) in [7, 11) is 1.57. The second-order valence-electron chi connectivity index (χ2n) is 4.47. The molecule has 6 nitrogen and oxygen atoms in total. The molecule has 0 heterocycles. The standard InChI is InChI=1S/C12H22N2O4/c1-17-6-7-18-9-12(16)14(8-11(13)15)10-4-2-3-5-10/h10H,2-9H2,1H3,(H2,13,15). The Morgan fingerprint density at radius 1 is 1.28 bits per heavy atom. The molecule has 0 spiro atoms. The zero-order valence-corrected chi connectivity index (χ0v) is 10.9. The summed E-state index contributed by atoms with van der Waals surface area (Å²) >= 11 is 0. The van der Waals surface area contributed by atoms with Crippen molar-refractivity contribution in [2.24, 2.45) is 5.73 Å². The van der Waals surface area contributed by atoms with E-state index in [0.29, 0.717) is 13.2 Å². The third kappa shape index (κ3) is 5.01. The van der Waals surface area contributed by atoms with Crippen LogP contribution in [0.25, 0.3) is 0 Å². The molecule has 0 aliphatic heterocycles. The fourth-order valence-electron chi connectivity index (χ4n) is 2.19. The first-order valence-corrected chi connectivity index (χ1v) is 6.29. The Labute approximate surface area is 107 Å². The summed E-state index contributed by atoms with van der Waals surface area (Å²) in [5.74, 6) is -0.649. The van der Waals surface area contributed by atoms with Crippen LogP contribution in [0, 0.1) is 0 Å². The van der Waals surface area contributed by atoms with Crippen LogP contribution in [0.5, 0.6) is 0 Å². The number of carbonyl (C=O) groups excluding carboxylic acids is 2. The van der Waals surface area contributed by atoms with Crippen molar-refractivity contribution >= 4 is 11.8 Å². The van der Waals surface area contributed by atoms with Crippen molar-refractivity contribution in [3.05, 3.63) is 0 Å². The molecule has 2 amide bonds. The van der Waals surface area contributed by atoms with Crippen molar-refractivity contribution < 1.29 is 19.1 Å². The molecule has 2 N–H and O–H groups in total. The lowest BCUT2D eigenvalue weighted by Gasteiger charge is -2.27. The van der Waals surface area contributed by atoms with Crippen LogP contribution in [0.2, 0.25) is 0 Å². The van der Waals surface area contributed by atoms with Gasteiger partial charge in [0.05, 0.1) is 19.8 Å². The summed E-state index contributed by atoms with van der Waals surface area (Å²) in [6, 6.07) is 0.135. The van der Waals surface area contributed by atoms with Crippen LogP contribution in [-0.4, -0.2) is 56.2 Å². The van der Waals surface area contributed by atoms with Crippen molar-refractivity contribution in [3.63, 3.8) is 0 Å². The summed E-state index contributed by atoms with van der Waals surface area (Å²) in [6.07, 6.45) is 4.07. The Balaban J connectivity index is 2.42. The molecule has 0 atom stereocenters. The maximum Gasteiger partial charge on any atom is 0.249 e. The molecular weight excluding hydrogens is 236 g/mol. The average molecular weight is 258 g/mol. The molecule has 1 rings (SSSR count). The van der Waals surface area contributed by atoms with Crippen LogP contribution in [0.3, 0.4) is 0 Å². The number of hydrogen-bond donors (Lipinski definition) is 1. The molecule has 1 aliphatic carbocycles. The van der Waals surface area contributed by atoms with Gasteiger partial charge in [-0.15, -0.1) is 0 Å². The summed E-state index contributed by atoms with van der Waals surface area (Å²) in [5, 5.41) is 0. The lowest BCUT2D eigenvalue weighted by molar-refractivity contribution is -0.141. The highest BCUT2D eigenvalue weighted by Gasteiger charge is 2.27. The molecule has 104 valence electrons. The first-order chi connectivity index (χ1) is 8.65. The second-order valence-corrected chi connectivity index (χ2v) is 4.47. The molecule has 0 saturated heterocycles. The number of methoxy groups -OCH3 is 1. The summed E-state index contributed by atoms with van der Waals surface area (Å²) in [4.78, 5) is 24.6. The Bertz CT molecular complexity index is 277. The van der Waals surface area contributed by atoms with Gasteiger partial charge in [-0.3, -0.25) is 9.59 Å². The summed E-state index contributed by atoms with van der Waals surface area (Å²) in [6.45, 7) is 0.786. The van der Waals surface area contributed by atoms with E-state index < -0.39 is 5.91 Å². The molecule has 0 aromatic rings. The highest BCUT2D eigenvalue weighted by molar-refractivity contribution is 5.84. The van der Waals surface area contributed by atoms with Gasteiger partial charge in [0, 0.05) is 13.2 Å². The highest BCUT2D eigenvalue weighted by atomic mass is 16.5. The number of amides is 2. The number of carbonyl (C=O) groups is 2. The van der Waals surface area contributed by atoms with Crippen molar-refractivity contribution in [2.45, 2.75) is 31.7 Å². The fourth-order valence-corrected chi connectivity index (χ4v) is 2.19. The summed E-state index contributed by atoms with van der Waals surface area (Å²) in [5.41, 5.74) is 5.18. The Hall–Kier alpha value is -1.14. The SMILES string of the molecule is COCCOCC(=O)N(CC(N)=O)C1CCCC1.